The van der Waals surface area contributed by atoms with Crippen molar-refractivity contribution in [3.05, 3.63) is 12.2 Å². The molecule has 0 heterocycles. The van der Waals surface area contributed by atoms with Gasteiger partial charge in [-0.15, -0.1) is 0 Å². The van der Waals surface area contributed by atoms with Gasteiger partial charge in [0.15, 0.2) is 0 Å². The molecule has 0 radical (unpaired) electrons. The Hall–Kier alpha value is -0.660. The van der Waals surface area contributed by atoms with Crippen LogP contribution < -0.4 is 14.0 Å². The minimum absolute atomic E-state index is 0.0592. The van der Waals surface area contributed by atoms with Crippen molar-refractivity contribution in [2.45, 2.75) is 73.0 Å². The third-order valence-corrected chi connectivity index (χ3v) is 2.18. The van der Waals surface area contributed by atoms with Gasteiger partial charge in [-0.25, -0.2) is 0 Å². The van der Waals surface area contributed by atoms with E-state index < -0.39 is 10.2 Å². The van der Waals surface area contributed by atoms with Crippen LogP contribution in [0.25, 0.3) is 0 Å². The molecule has 0 rings (SSSR count). The molecule has 0 amide bonds. The summed E-state index contributed by atoms with van der Waals surface area (Å²) in [5, 5.41) is 0. The molecule has 0 saturated carbocycles. The predicted octanol–water partition coefficient (Wildman–Crippen LogP) is -0.246. The molecule has 7 heteroatoms. The van der Waals surface area contributed by atoms with Gasteiger partial charge in [0, 0.05) is 12.1 Å². The molecular weight excluding hydrogens is 296 g/mol. The van der Waals surface area contributed by atoms with Crippen LogP contribution in [0.2, 0.25) is 0 Å². The molecule has 0 aliphatic heterocycles. The predicted molar refractivity (Wildman–Crippen MR) is 76.3 cm³/mol. The van der Waals surface area contributed by atoms with Crippen molar-refractivity contribution in [2.24, 2.45) is 4.99 Å². The second kappa shape index (κ2) is 8.70. The summed E-state index contributed by atoms with van der Waals surface area (Å²) < 4.78 is 32.7. The first-order chi connectivity index (χ1) is 9.06. The van der Waals surface area contributed by atoms with E-state index in [9.17, 15) is 0 Å². The topological polar surface area (TPSA) is 105 Å². The zero-order chi connectivity index (χ0) is 17.6. The first kappa shape index (κ1) is 22.6. The lowest BCUT2D eigenvalue weighted by molar-refractivity contribution is -1.92. The number of hydrogen-bond donors (Lipinski definition) is 1. The van der Waals surface area contributed by atoms with Crippen molar-refractivity contribution in [1.29, 1.82) is 0 Å². The van der Waals surface area contributed by atoms with Gasteiger partial charge in [-0.05, 0) is 61.0 Å². The van der Waals surface area contributed by atoms with E-state index in [4.69, 9.17) is 23.6 Å². The smallest absolute Gasteiger partial charge is 0.126 e. The fourth-order valence-electron chi connectivity index (χ4n) is 1.78. The average Bonchev–Trinajstić information content (AvgIpc) is 2.09. The highest BCUT2D eigenvalue weighted by Crippen LogP contribution is 2.16. The summed E-state index contributed by atoms with van der Waals surface area (Å²) in [5.74, 6) is 1.04. The van der Waals surface area contributed by atoms with Crippen LogP contribution in [0.15, 0.2) is 17.1 Å². The van der Waals surface area contributed by atoms with Gasteiger partial charge in [-0.3, -0.25) is 4.99 Å². The molecule has 0 aromatic carbocycles. The molecule has 0 spiro atoms. The normalized spacial score (nSPS) is 13.1. The van der Waals surface area contributed by atoms with Crippen molar-refractivity contribution in [1.82, 2.24) is 4.90 Å². The zero-order valence-electron chi connectivity index (χ0n) is 14.3. The van der Waals surface area contributed by atoms with Gasteiger partial charge in [0.25, 0.3) is 0 Å². The second-order valence-corrected chi connectivity index (χ2v) is 7.17. The highest BCUT2D eigenvalue weighted by atomic mass is 35.7. The molecule has 126 valence electrons. The third kappa shape index (κ3) is 14.1. The summed E-state index contributed by atoms with van der Waals surface area (Å²) in [6.45, 7) is 21.2. The van der Waals surface area contributed by atoms with E-state index in [1.807, 2.05) is 6.92 Å². The fourth-order valence-corrected chi connectivity index (χ4v) is 1.78. The van der Waals surface area contributed by atoms with E-state index in [-0.39, 0.29) is 5.54 Å². The van der Waals surface area contributed by atoms with Gasteiger partial charge in [-0.2, -0.15) is 14.0 Å². The standard InChI is InChI=1S/C14H28N2.ClHO4/c1-10(2)13(15-14(7,8)9)16(11(3)4)12(5)6;2-1(3,4)5/h11-12H,1H2,2-9H3;(H,2,3,4,5). The van der Waals surface area contributed by atoms with Gasteiger partial charge < -0.3 is 4.90 Å². The molecule has 0 saturated heterocycles. The molecule has 0 aromatic rings. The van der Waals surface area contributed by atoms with Crippen molar-refractivity contribution >= 4 is 5.84 Å². The van der Waals surface area contributed by atoms with Crippen LogP contribution in [0.1, 0.15) is 55.4 Å². The highest BCUT2D eigenvalue weighted by molar-refractivity contribution is 5.97. The van der Waals surface area contributed by atoms with Gasteiger partial charge in [0.05, 0.1) is 20.4 Å². The molecule has 1 N–H and O–H groups in total. The van der Waals surface area contributed by atoms with Gasteiger partial charge in [0.1, 0.15) is 5.84 Å². The van der Waals surface area contributed by atoms with E-state index in [1.165, 1.54) is 0 Å². The van der Waals surface area contributed by atoms with E-state index in [0.29, 0.717) is 12.1 Å². The lowest BCUT2D eigenvalue weighted by atomic mass is 10.1. The van der Waals surface area contributed by atoms with Crippen LogP contribution in [0.3, 0.4) is 0 Å². The van der Waals surface area contributed by atoms with Gasteiger partial charge in [0.2, 0.25) is 0 Å². The number of amidine groups is 1. The largest absolute Gasteiger partial charge is 0.352 e. The monoisotopic (exact) mass is 324 g/mol. The van der Waals surface area contributed by atoms with E-state index >= 15 is 0 Å². The van der Waals surface area contributed by atoms with Crippen LogP contribution in [-0.4, -0.2) is 33.0 Å². The molecule has 0 fully saturated rings. The lowest BCUT2D eigenvalue weighted by Crippen LogP contribution is -2.58. The van der Waals surface area contributed by atoms with Gasteiger partial charge in [-0.1, -0.05) is 6.58 Å². The Morgan fingerprint density at radius 1 is 1.10 bits per heavy atom. The molecule has 0 aromatic heterocycles. The maximum atomic E-state index is 8.60. The minimum Gasteiger partial charge on any atom is -0.352 e. The highest BCUT2D eigenvalue weighted by Gasteiger charge is 2.21. The zero-order valence-corrected chi connectivity index (χ0v) is 15.1. The van der Waals surface area contributed by atoms with Gasteiger partial charge >= 0.3 is 0 Å². The third-order valence-electron chi connectivity index (χ3n) is 2.18. The molecular formula is C14H29ClN2O4. The Balaban J connectivity index is 0. The number of rotatable bonds is 3. The molecule has 0 aliphatic rings. The van der Waals surface area contributed by atoms with Crippen molar-refractivity contribution in [2.75, 3.05) is 0 Å². The van der Waals surface area contributed by atoms with E-state index in [0.717, 1.165) is 11.4 Å². The SMILES string of the molecule is C=C(C)C(=NC(C)(C)C)N(C(C)C)C(C)C.[O-][Cl+3]([O-])([O-])O. The van der Waals surface area contributed by atoms with Crippen LogP contribution in [0.4, 0.5) is 0 Å². The number of nitrogens with zero attached hydrogens (tertiary/aromatic N) is 2. The lowest BCUT2D eigenvalue weighted by Gasteiger charge is -2.35. The fraction of sp³-hybridized carbons (Fsp3) is 0.786. The quantitative estimate of drug-likeness (QED) is 0.569. The minimum atomic E-state index is -4.69. The average molecular weight is 325 g/mol. The summed E-state index contributed by atoms with van der Waals surface area (Å²) in [4.78, 5) is 7.12. The van der Waals surface area contributed by atoms with E-state index in [2.05, 4.69) is 59.9 Å². The summed E-state index contributed by atoms with van der Waals surface area (Å²) in [6, 6.07) is 0.885. The Morgan fingerprint density at radius 2 is 1.38 bits per heavy atom. The molecule has 0 unspecified atom stereocenters. The first-order valence-corrected chi connectivity index (χ1v) is 8.00. The Kier molecular flexibility index (Phi) is 9.37. The molecule has 0 bridgehead atoms. The van der Waals surface area contributed by atoms with Crippen LogP contribution >= 0.6 is 0 Å². The summed E-state index contributed by atoms with van der Waals surface area (Å²) in [7, 11) is -4.69. The number of hydrogen-bond acceptors (Lipinski definition) is 5. The van der Waals surface area contributed by atoms with Crippen molar-refractivity contribution in [3.8, 4) is 0 Å². The maximum Gasteiger partial charge on any atom is 0.126 e. The molecule has 0 atom stereocenters. The molecule has 6 nitrogen and oxygen atoms in total. The Morgan fingerprint density at radius 3 is 1.52 bits per heavy atom. The van der Waals surface area contributed by atoms with Crippen LogP contribution in [0, 0.1) is 10.2 Å². The van der Waals surface area contributed by atoms with Crippen LogP contribution in [0.5, 0.6) is 0 Å². The van der Waals surface area contributed by atoms with Crippen LogP contribution in [-0.2, 0) is 0 Å². The van der Waals surface area contributed by atoms with Crippen molar-refractivity contribution in [3.63, 3.8) is 0 Å². The number of halogens is 1. The van der Waals surface area contributed by atoms with E-state index in [1.54, 1.807) is 0 Å². The Labute approximate surface area is 130 Å². The number of aliphatic imine (C=N–C) groups is 1. The second-order valence-electron chi connectivity index (χ2n) is 6.38. The summed E-state index contributed by atoms with van der Waals surface area (Å²) >= 11 is 0. The first-order valence-electron chi connectivity index (χ1n) is 6.73. The maximum absolute atomic E-state index is 8.60. The summed E-state index contributed by atoms with van der Waals surface area (Å²) in [5.41, 5.74) is 0.980. The Bertz CT molecular complexity index is 341. The molecule has 21 heavy (non-hydrogen) atoms. The summed E-state index contributed by atoms with van der Waals surface area (Å²) in [6.07, 6.45) is 0. The molecule has 0 aliphatic carbocycles. The van der Waals surface area contributed by atoms with Crippen molar-refractivity contribution < 1.29 is 28.9 Å².